The Bertz CT molecular complexity index is 1220. The minimum Gasteiger partial charge on any atom is -0.366 e. The zero-order valence-electron chi connectivity index (χ0n) is 18.1. The molecule has 1 atom stereocenters. The topological polar surface area (TPSA) is 88.5 Å². The molecule has 0 bridgehead atoms. The first kappa shape index (κ1) is 21.5. The largest absolute Gasteiger partial charge is 0.366 e. The maximum atomic E-state index is 14.7. The van der Waals surface area contributed by atoms with E-state index in [4.69, 9.17) is 5.73 Å². The predicted molar refractivity (Wildman–Crippen MR) is 130 cm³/mol. The summed E-state index contributed by atoms with van der Waals surface area (Å²) in [5.74, 6) is -0.701. The van der Waals surface area contributed by atoms with E-state index >= 15 is 0 Å². The van der Waals surface area contributed by atoms with Crippen LogP contribution in [0.1, 0.15) is 29.7 Å². The smallest absolute Gasteiger partial charge is 0.270 e. The Morgan fingerprint density at radius 2 is 2.21 bits per heavy atom. The van der Waals surface area contributed by atoms with Crippen molar-refractivity contribution >= 4 is 40.0 Å². The van der Waals surface area contributed by atoms with Crippen LogP contribution in [0.25, 0.3) is 5.70 Å². The minimum atomic E-state index is -0.368. The van der Waals surface area contributed by atoms with Gasteiger partial charge in [-0.3, -0.25) is 9.48 Å². The average molecular weight is 465 g/mol. The summed E-state index contributed by atoms with van der Waals surface area (Å²) in [7, 11) is 0. The lowest BCUT2D eigenvalue weighted by Gasteiger charge is -2.34. The van der Waals surface area contributed by atoms with Crippen LogP contribution in [0.4, 0.5) is 15.8 Å². The fourth-order valence-electron chi connectivity index (χ4n) is 4.25. The van der Waals surface area contributed by atoms with E-state index in [-0.39, 0.29) is 17.8 Å². The summed E-state index contributed by atoms with van der Waals surface area (Å²) in [6.45, 7) is 1.97. The standard InChI is InChI=1S/C24H25FN6OS/c25-19-6-1-7-21(23(19)30-10-2-4-17(26)14-30)29-24(32)22-9-8-20(28-22)16-12-27-31(13-16)15-18-5-3-11-33-18/h1,3,5-8,11-13,17H,2,4,9-10,14-15,26H2,(H,29,32)/t17-/m1/s1. The third kappa shape index (κ3) is 4.74. The fraction of sp³-hybridized carbons (Fsp3) is 0.292. The predicted octanol–water partition coefficient (Wildman–Crippen LogP) is 3.88. The molecule has 1 fully saturated rings. The zero-order chi connectivity index (χ0) is 22.8. The van der Waals surface area contributed by atoms with E-state index in [1.807, 2.05) is 33.3 Å². The molecule has 2 aliphatic heterocycles. The first-order chi connectivity index (χ1) is 16.1. The number of aliphatic imine (C=N–C) groups is 1. The van der Waals surface area contributed by atoms with Gasteiger partial charge in [0.15, 0.2) is 0 Å². The monoisotopic (exact) mass is 464 g/mol. The van der Waals surface area contributed by atoms with Crippen LogP contribution in [0.2, 0.25) is 0 Å². The second kappa shape index (κ2) is 9.29. The highest BCUT2D eigenvalue weighted by molar-refractivity contribution is 7.09. The van der Waals surface area contributed by atoms with Crippen molar-refractivity contribution in [2.45, 2.75) is 31.8 Å². The second-order valence-corrected chi connectivity index (χ2v) is 9.33. The molecule has 1 aromatic carbocycles. The molecular weight excluding hydrogens is 439 g/mol. The highest BCUT2D eigenvalue weighted by atomic mass is 32.1. The van der Waals surface area contributed by atoms with Gasteiger partial charge in [-0.25, -0.2) is 9.38 Å². The summed E-state index contributed by atoms with van der Waals surface area (Å²) in [6, 6.07) is 8.80. The maximum absolute atomic E-state index is 14.7. The number of hydrogen-bond donors (Lipinski definition) is 2. The molecule has 1 amide bonds. The number of nitrogens with zero attached hydrogens (tertiary/aromatic N) is 4. The van der Waals surface area contributed by atoms with Gasteiger partial charge in [-0.05, 0) is 36.4 Å². The van der Waals surface area contributed by atoms with Gasteiger partial charge >= 0.3 is 0 Å². The quantitative estimate of drug-likeness (QED) is 0.579. The van der Waals surface area contributed by atoms with E-state index in [0.29, 0.717) is 43.1 Å². The molecule has 0 saturated carbocycles. The van der Waals surface area contributed by atoms with Crippen LogP contribution in [0.5, 0.6) is 0 Å². The molecule has 0 radical (unpaired) electrons. The van der Waals surface area contributed by atoms with Crippen LogP contribution in [0.15, 0.2) is 59.2 Å². The van der Waals surface area contributed by atoms with Gasteiger partial charge in [0.1, 0.15) is 11.5 Å². The van der Waals surface area contributed by atoms with Crippen molar-refractivity contribution < 1.29 is 9.18 Å². The van der Waals surface area contributed by atoms with Crippen molar-refractivity contribution in [3.8, 4) is 0 Å². The molecule has 3 N–H and O–H groups in total. The number of nitrogens with one attached hydrogen (secondary N) is 1. The molecule has 170 valence electrons. The van der Waals surface area contributed by atoms with E-state index in [1.165, 1.54) is 10.9 Å². The number of para-hydroxylation sites is 1. The Morgan fingerprint density at radius 1 is 1.30 bits per heavy atom. The average Bonchev–Trinajstić information content (AvgIpc) is 3.56. The lowest BCUT2D eigenvalue weighted by Crippen LogP contribution is -2.43. The highest BCUT2D eigenvalue weighted by Gasteiger charge is 2.25. The van der Waals surface area contributed by atoms with E-state index < -0.39 is 0 Å². The van der Waals surface area contributed by atoms with Gasteiger partial charge < -0.3 is 16.0 Å². The summed E-state index contributed by atoms with van der Waals surface area (Å²) in [4.78, 5) is 20.6. The number of nitrogens with two attached hydrogens (primary N) is 1. The van der Waals surface area contributed by atoms with Crippen molar-refractivity contribution in [3.63, 3.8) is 0 Å². The van der Waals surface area contributed by atoms with Crippen molar-refractivity contribution in [2.24, 2.45) is 10.7 Å². The van der Waals surface area contributed by atoms with E-state index in [1.54, 1.807) is 29.7 Å². The van der Waals surface area contributed by atoms with Crippen LogP contribution < -0.4 is 16.0 Å². The SMILES string of the molecule is N[C@@H]1CCCN(c2c(F)cccc2NC(=O)C2=NC(c3cnn(Cc4cccs4)c3)=CC2)C1. The lowest BCUT2D eigenvalue weighted by atomic mass is 10.1. The number of hydrogen-bond acceptors (Lipinski definition) is 6. The summed E-state index contributed by atoms with van der Waals surface area (Å²) in [6.07, 6.45) is 7.83. The van der Waals surface area contributed by atoms with Crippen molar-refractivity contribution in [3.05, 3.63) is 70.4 Å². The Hall–Kier alpha value is -3.30. The second-order valence-electron chi connectivity index (χ2n) is 8.30. The van der Waals surface area contributed by atoms with Gasteiger partial charge in [0.05, 0.1) is 29.8 Å². The highest BCUT2D eigenvalue weighted by Crippen LogP contribution is 2.32. The Labute approximate surface area is 195 Å². The number of rotatable bonds is 6. The fourth-order valence-corrected chi connectivity index (χ4v) is 4.94. The van der Waals surface area contributed by atoms with Crippen LogP contribution in [0.3, 0.4) is 0 Å². The van der Waals surface area contributed by atoms with Gasteiger partial charge in [0, 0.05) is 42.2 Å². The maximum Gasteiger partial charge on any atom is 0.270 e. The number of thiophene rings is 1. The molecule has 2 aliphatic rings. The van der Waals surface area contributed by atoms with Crippen LogP contribution >= 0.6 is 11.3 Å². The third-order valence-corrected chi connectivity index (χ3v) is 6.70. The molecule has 5 rings (SSSR count). The van der Waals surface area contributed by atoms with Crippen LogP contribution in [-0.4, -0.2) is 40.5 Å². The first-order valence-electron chi connectivity index (χ1n) is 11.0. The molecule has 0 spiro atoms. The van der Waals surface area contributed by atoms with Gasteiger partial charge in [-0.1, -0.05) is 18.2 Å². The molecule has 7 nitrogen and oxygen atoms in total. The van der Waals surface area contributed by atoms with Crippen molar-refractivity contribution in [1.29, 1.82) is 0 Å². The van der Waals surface area contributed by atoms with Crippen molar-refractivity contribution in [2.75, 3.05) is 23.3 Å². The number of piperidine rings is 1. The lowest BCUT2D eigenvalue weighted by molar-refractivity contribution is -0.110. The van der Waals surface area contributed by atoms with Gasteiger partial charge in [0.2, 0.25) is 0 Å². The first-order valence-corrected chi connectivity index (χ1v) is 11.9. The number of halogens is 1. The Balaban J connectivity index is 1.29. The van der Waals surface area contributed by atoms with Crippen molar-refractivity contribution in [1.82, 2.24) is 9.78 Å². The number of allylic oxidation sites excluding steroid dienone is 1. The summed E-state index contributed by atoms with van der Waals surface area (Å²) < 4.78 is 16.6. The summed E-state index contributed by atoms with van der Waals surface area (Å²) in [5.41, 5.74) is 8.90. The molecule has 9 heteroatoms. The van der Waals surface area contributed by atoms with E-state index in [2.05, 4.69) is 21.5 Å². The summed E-state index contributed by atoms with van der Waals surface area (Å²) >= 11 is 1.68. The molecule has 1 saturated heterocycles. The van der Waals surface area contributed by atoms with Gasteiger partial charge in [0.25, 0.3) is 5.91 Å². The number of benzene rings is 1. The molecule has 2 aromatic heterocycles. The number of anilines is 2. The number of carbonyl (C=O) groups excluding carboxylic acids is 1. The van der Waals surface area contributed by atoms with E-state index in [9.17, 15) is 9.18 Å². The molecular formula is C24H25FN6OS. The number of carbonyl (C=O) groups is 1. The van der Waals surface area contributed by atoms with Gasteiger partial charge in [-0.2, -0.15) is 5.10 Å². The van der Waals surface area contributed by atoms with Gasteiger partial charge in [-0.15, -0.1) is 11.3 Å². The Morgan fingerprint density at radius 3 is 3.03 bits per heavy atom. The molecule has 33 heavy (non-hydrogen) atoms. The third-order valence-electron chi connectivity index (χ3n) is 5.84. The number of amides is 1. The molecule has 0 aliphatic carbocycles. The molecule has 3 aromatic rings. The zero-order valence-corrected chi connectivity index (χ0v) is 18.9. The normalized spacial score (nSPS) is 18.2. The minimum absolute atomic E-state index is 0.00592. The molecule has 0 unspecified atom stereocenters. The van der Waals surface area contributed by atoms with E-state index in [0.717, 1.165) is 24.1 Å². The summed E-state index contributed by atoms with van der Waals surface area (Å²) in [5, 5.41) is 9.31. The molecule has 4 heterocycles. The Kier molecular flexibility index (Phi) is 6.06. The number of aromatic nitrogens is 2. The van der Waals surface area contributed by atoms with Crippen LogP contribution in [-0.2, 0) is 11.3 Å². The van der Waals surface area contributed by atoms with Crippen LogP contribution in [0, 0.1) is 5.82 Å².